The van der Waals surface area contributed by atoms with Gasteiger partial charge in [0, 0.05) is 10.6 Å². The number of nitrogens with zero attached hydrogens (tertiary/aromatic N) is 3. The molecule has 5 nitrogen and oxygen atoms in total. The number of carbonyl (C=O) groups excluding carboxylic acids is 1. The summed E-state index contributed by atoms with van der Waals surface area (Å²) in [6.07, 6.45) is 0. The molecule has 2 aromatic rings. The Morgan fingerprint density at radius 3 is 3.00 bits per heavy atom. The van der Waals surface area contributed by atoms with Crippen molar-refractivity contribution in [1.82, 2.24) is 15.2 Å². The number of carbonyl (C=O) groups is 1. The zero-order valence-corrected chi connectivity index (χ0v) is 9.23. The Bertz CT molecular complexity index is 576. The molecule has 0 radical (unpaired) electrons. The van der Waals surface area contributed by atoms with E-state index in [0.717, 1.165) is 4.85 Å². The molecule has 82 valence electrons. The second kappa shape index (κ2) is 3.94. The lowest BCUT2D eigenvalue weighted by Gasteiger charge is -2.01. The summed E-state index contributed by atoms with van der Waals surface area (Å²) in [5, 5.41) is 8.02. The Hall–Kier alpha value is -1.88. The maximum Gasteiger partial charge on any atom is 0.360 e. The highest BCUT2D eigenvalue weighted by atomic mass is 35.5. The second-order valence-corrected chi connectivity index (χ2v) is 3.69. The smallest absolute Gasteiger partial charge is 0.312 e. The zero-order valence-electron chi connectivity index (χ0n) is 8.48. The van der Waals surface area contributed by atoms with E-state index in [1.165, 1.54) is 0 Å². The molecule has 1 heterocycles. The Balaban J connectivity index is 2.41. The highest BCUT2D eigenvalue weighted by molar-refractivity contribution is 6.31. The van der Waals surface area contributed by atoms with Gasteiger partial charge in [-0.05, 0) is 30.3 Å². The van der Waals surface area contributed by atoms with Crippen LogP contribution in [0.5, 0.6) is 0 Å². The molecule has 0 spiro atoms. The van der Waals surface area contributed by atoms with E-state index < -0.39 is 5.97 Å². The first-order chi connectivity index (χ1) is 7.58. The summed E-state index contributed by atoms with van der Waals surface area (Å²) >= 11 is 5.82. The summed E-state index contributed by atoms with van der Waals surface area (Å²) < 4.78 is 0. The lowest BCUT2D eigenvalue weighted by Crippen LogP contribution is -2.21. The molecule has 0 amide bonds. The fourth-order valence-electron chi connectivity index (χ4n) is 1.10. The number of hydrogen-bond donors (Lipinski definition) is 0. The summed E-state index contributed by atoms with van der Waals surface area (Å²) in [7, 11) is 0. The largest absolute Gasteiger partial charge is 0.360 e. The first-order valence-corrected chi connectivity index (χ1v) is 4.85. The van der Waals surface area contributed by atoms with Crippen molar-refractivity contribution in [2.24, 2.45) is 0 Å². The van der Waals surface area contributed by atoms with Crippen molar-refractivity contribution in [2.75, 3.05) is 0 Å². The van der Waals surface area contributed by atoms with E-state index in [4.69, 9.17) is 16.4 Å². The molecule has 0 atom stereocenters. The van der Waals surface area contributed by atoms with Crippen LogP contribution >= 0.6 is 11.6 Å². The minimum absolute atomic E-state index is 0.283. The SMILES string of the molecule is C=C(C)C(=O)On1nnc2ccc(Cl)cc21. The molecule has 0 aliphatic rings. The molecular formula is C10H8ClN3O2. The lowest BCUT2D eigenvalue weighted by atomic mass is 10.3. The van der Waals surface area contributed by atoms with E-state index in [2.05, 4.69) is 16.9 Å². The van der Waals surface area contributed by atoms with Crippen LogP contribution in [0.25, 0.3) is 11.0 Å². The Morgan fingerprint density at radius 1 is 1.56 bits per heavy atom. The predicted octanol–water partition coefficient (Wildman–Crippen LogP) is 1.62. The summed E-state index contributed by atoms with van der Waals surface area (Å²) in [6.45, 7) is 5.02. The summed E-state index contributed by atoms with van der Waals surface area (Å²) in [4.78, 5) is 17.3. The van der Waals surface area contributed by atoms with Crippen molar-refractivity contribution < 1.29 is 9.63 Å². The molecule has 0 saturated carbocycles. The van der Waals surface area contributed by atoms with Gasteiger partial charge in [-0.15, -0.1) is 5.10 Å². The van der Waals surface area contributed by atoms with Crippen LogP contribution in [0.3, 0.4) is 0 Å². The number of rotatable bonds is 2. The number of aromatic nitrogens is 3. The van der Waals surface area contributed by atoms with E-state index in [1.807, 2.05) is 0 Å². The van der Waals surface area contributed by atoms with Gasteiger partial charge in [-0.3, -0.25) is 0 Å². The fourth-order valence-corrected chi connectivity index (χ4v) is 1.26. The van der Waals surface area contributed by atoms with Gasteiger partial charge in [-0.1, -0.05) is 23.0 Å². The molecule has 6 heteroatoms. The Labute approximate surface area is 96.2 Å². The number of fused-ring (bicyclic) bond motifs is 1. The van der Waals surface area contributed by atoms with E-state index >= 15 is 0 Å². The Kier molecular flexibility index (Phi) is 2.62. The van der Waals surface area contributed by atoms with Crippen molar-refractivity contribution in [1.29, 1.82) is 0 Å². The van der Waals surface area contributed by atoms with Crippen LogP contribution in [0.2, 0.25) is 5.02 Å². The quantitative estimate of drug-likeness (QED) is 0.588. The molecule has 1 aromatic heterocycles. The van der Waals surface area contributed by atoms with Crippen LogP contribution in [0.15, 0.2) is 30.4 Å². The van der Waals surface area contributed by atoms with E-state index in [1.54, 1.807) is 25.1 Å². The predicted molar refractivity (Wildman–Crippen MR) is 58.9 cm³/mol. The molecule has 1 aromatic carbocycles. The fraction of sp³-hybridized carbons (Fsp3) is 0.100. The molecule has 2 rings (SSSR count). The van der Waals surface area contributed by atoms with Crippen LogP contribution in [0.4, 0.5) is 0 Å². The molecule has 0 aliphatic heterocycles. The molecular weight excluding hydrogens is 230 g/mol. The normalized spacial score (nSPS) is 10.4. The maximum atomic E-state index is 11.3. The maximum absolute atomic E-state index is 11.3. The van der Waals surface area contributed by atoms with Crippen molar-refractivity contribution in [3.05, 3.63) is 35.4 Å². The molecule has 0 N–H and O–H groups in total. The third kappa shape index (κ3) is 1.90. The summed E-state index contributed by atoms with van der Waals surface area (Å²) in [5.41, 5.74) is 1.41. The first kappa shape index (κ1) is 10.6. The van der Waals surface area contributed by atoms with Crippen molar-refractivity contribution in [3.8, 4) is 0 Å². The van der Waals surface area contributed by atoms with E-state index in [-0.39, 0.29) is 5.57 Å². The standard InChI is InChI=1S/C10H8ClN3O2/c1-6(2)10(15)16-14-9-5-7(11)3-4-8(9)12-13-14/h3-5H,1H2,2H3. The average Bonchev–Trinajstić information content (AvgIpc) is 2.61. The molecule has 16 heavy (non-hydrogen) atoms. The average molecular weight is 238 g/mol. The van der Waals surface area contributed by atoms with Crippen LogP contribution in [0.1, 0.15) is 6.92 Å². The zero-order chi connectivity index (χ0) is 11.7. The number of halogens is 1. The molecule has 0 fully saturated rings. The molecule has 0 unspecified atom stereocenters. The second-order valence-electron chi connectivity index (χ2n) is 3.25. The highest BCUT2D eigenvalue weighted by Gasteiger charge is 2.10. The summed E-state index contributed by atoms with van der Waals surface area (Å²) in [5.74, 6) is -0.563. The van der Waals surface area contributed by atoms with Gasteiger partial charge in [-0.2, -0.15) is 0 Å². The van der Waals surface area contributed by atoms with Gasteiger partial charge in [0.2, 0.25) is 0 Å². The van der Waals surface area contributed by atoms with Crippen LogP contribution in [-0.2, 0) is 4.79 Å². The minimum atomic E-state index is -0.563. The first-order valence-electron chi connectivity index (χ1n) is 4.47. The highest BCUT2D eigenvalue weighted by Crippen LogP contribution is 2.16. The van der Waals surface area contributed by atoms with E-state index in [0.29, 0.717) is 16.1 Å². The molecule has 0 aliphatic carbocycles. The van der Waals surface area contributed by atoms with Gasteiger partial charge in [-0.25, -0.2) is 4.79 Å². The van der Waals surface area contributed by atoms with Gasteiger partial charge < -0.3 is 4.84 Å². The number of benzene rings is 1. The van der Waals surface area contributed by atoms with Crippen molar-refractivity contribution >= 4 is 28.6 Å². The van der Waals surface area contributed by atoms with Crippen molar-refractivity contribution in [3.63, 3.8) is 0 Å². The van der Waals surface area contributed by atoms with Gasteiger partial charge in [0.15, 0.2) is 0 Å². The third-order valence-corrected chi connectivity index (χ3v) is 2.13. The number of hydrogen-bond acceptors (Lipinski definition) is 4. The lowest BCUT2D eigenvalue weighted by molar-refractivity contribution is -0.140. The minimum Gasteiger partial charge on any atom is -0.312 e. The Morgan fingerprint density at radius 2 is 2.31 bits per heavy atom. The van der Waals surface area contributed by atoms with Gasteiger partial charge >= 0.3 is 5.97 Å². The van der Waals surface area contributed by atoms with Crippen molar-refractivity contribution in [2.45, 2.75) is 6.92 Å². The van der Waals surface area contributed by atoms with Gasteiger partial charge in [0.05, 0.1) is 0 Å². The van der Waals surface area contributed by atoms with Crippen LogP contribution < -0.4 is 4.84 Å². The monoisotopic (exact) mass is 237 g/mol. The van der Waals surface area contributed by atoms with Gasteiger partial charge in [0.1, 0.15) is 11.0 Å². The molecule has 0 saturated heterocycles. The third-order valence-electron chi connectivity index (χ3n) is 1.90. The van der Waals surface area contributed by atoms with Crippen LogP contribution in [-0.4, -0.2) is 21.1 Å². The van der Waals surface area contributed by atoms with Crippen LogP contribution in [0, 0.1) is 0 Å². The molecule has 0 bridgehead atoms. The topological polar surface area (TPSA) is 57.0 Å². The van der Waals surface area contributed by atoms with Gasteiger partial charge in [0.25, 0.3) is 0 Å². The van der Waals surface area contributed by atoms with E-state index in [9.17, 15) is 4.79 Å². The summed E-state index contributed by atoms with van der Waals surface area (Å²) in [6, 6.07) is 4.99.